The molecule has 1 saturated heterocycles. The van der Waals surface area contributed by atoms with Gasteiger partial charge in [-0.3, -0.25) is 9.59 Å². The van der Waals surface area contributed by atoms with Crippen LogP contribution in [0.5, 0.6) is 0 Å². The quantitative estimate of drug-likeness (QED) is 0.778. The van der Waals surface area contributed by atoms with Crippen molar-refractivity contribution in [3.8, 4) is 0 Å². The molecule has 1 heterocycles. The van der Waals surface area contributed by atoms with Crippen LogP contribution in [0.4, 0.5) is 0 Å². The molecular weight excluding hydrogens is 302 g/mol. The standard InChI is InChI=1S/C19H29N3O2/c1-15(2)21-19(24)18(23)20-14-17-9-12-22(13-10-17)11-8-16-6-4-3-5-7-16/h3-7,15,17H,8-14H2,1-2H3,(H,20,23)(H,21,24). The van der Waals surface area contributed by atoms with Crippen LogP contribution in [0.25, 0.3) is 0 Å². The number of nitrogens with zero attached hydrogens (tertiary/aromatic N) is 1. The van der Waals surface area contributed by atoms with E-state index in [1.54, 1.807) is 0 Å². The number of nitrogens with one attached hydrogen (secondary N) is 2. The summed E-state index contributed by atoms with van der Waals surface area (Å²) in [6.45, 7) is 7.49. The van der Waals surface area contributed by atoms with E-state index in [-0.39, 0.29) is 6.04 Å². The van der Waals surface area contributed by atoms with Gasteiger partial charge in [0.15, 0.2) is 0 Å². The van der Waals surface area contributed by atoms with Crippen molar-refractivity contribution >= 4 is 11.8 Å². The summed E-state index contributed by atoms with van der Waals surface area (Å²) < 4.78 is 0. The molecule has 0 aromatic heterocycles. The summed E-state index contributed by atoms with van der Waals surface area (Å²) in [6.07, 6.45) is 3.22. The Labute approximate surface area is 144 Å². The molecule has 0 bridgehead atoms. The Bertz CT molecular complexity index is 523. The Hall–Kier alpha value is -1.88. The number of likely N-dealkylation sites (tertiary alicyclic amines) is 1. The molecule has 1 fully saturated rings. The first kappa shape index (κ1) is 18.5. The van der Waals surface area contributed by atoms with Crippen LogP contribution in [0.3, 0.4) is 0 Å². The van der Waals surface area contributed by atoms with E-state index in [1.807, 2.05) is 19.9 Å². The molecule has 24 heavy (non-hydrogen) atoms. The van der Waals surface area contributed by atoms with Gasteiger partial charge in [0, 0.05) is 19.1 Å². The maximum absolute atomic E-state index is 11.7. The van der Waals surface area contributed by atoms with E-state index in [0.29, 0.717) is 12.5 Å². The molecule has 0 atom stereocenters. The normalized spacial score (nSPS) is 16.1. The van der Waals surface area contributed by atoms with Crippen LogP contribution in [0.1, 0.15) is 32.3 Å². The topological polar surface area (TPSA) is 61.4 Å². The number of hydrogen-bond acceptors (Lipinski definition) is 3. The van der Waals surface area contributed by atoms with Crippen LogP contribution < -0.4 is 10.6 Å². The maximum atomic E-state index is 11.7. The Morgan fingerprint density at radius 1 is 1.12 bits per heavy atom. The Morgan fingerprint density at radius 3 is 2.42 bits per heavy atom. The molecule has 0 saturated carbocycles. The molecule has 5 nitrogen and oxygen atoms in total. The highest BCUT2D eigenvalue weighted by Gasteiger charge is 2.21. The first-order valence-electron chi connectivity index (χ1n) is 8.89. The number of carbonyl (C=O) groups is 2. The SMILES string of the molecule is CC(C)NC(=O)C(=O)NCC1CCN(CCc2ccccc2)CC1. The average molecular weight is 331 g/mol. The van der Waals surface area contributed by atoms with Gasteiger partial charge in [-0.2, -0.15) is 0 Å². The highest BCUT2D eigenvalue weighted by Crippen LogP contribution is 2.16. The lowest BCUT2D eigenvalue weighted by atomic mass is 9.96. The molecule has 1 aliphatic heterocycles. The van der Waals surface area contributed by atoms with E-state index in [1.165, 1.54) is 5.56 Å². The second kappa shape index (κ2) is 9.42. The highest BCUT2D eigenvalue weighted by atomic mass is 16.2. The van der Waals surface area contributed by atoms with Crippen molar-refractivity contribution in [2.45, 2.75) is 39.2 Å². The number of benzene rings is 1. The number of piperidine rings is 1. The summed E-state index contributed by atoms with van der Waals surface area (Å²) in [5.74, 6) is -0.589. The van der Waals surface area contributed by atoms with Crippen LogP contribution in [-0.2, 0) is 16.0 Å². The molecule has 1 aromatic rings. The monoisotopic (exact) mass is 331 g/mol. The van der Waals surface area contributed by atoms with E-state index < -0.39 is 11.8 Å². The summed E-state index contributed by atoms with van der Waals surface area (Å²) in [6, 6.07) is 10.5. The van der Waals surface area contributed by atoms with Gasteiger partial charge in [-0.15, -0.1) is 0 Å². The largest absolute Gasteiger partial charge is 0.348 e. The number of carbonyl (C=O) groups excluding carboxylic acids is 2. The maximum Gasteiger partial charge on any atom is 0.309 e. The van der Waals surface area contributed by atoms with Gasteiger partial charge in [0.05, 0.1) is 0 Å². The zero-order chi connectivity index (χ0) is 17.4. The smallest absolute Gasteiger partial charge is 0.309 e. The molecular formula is C19H29N3O2. The van der Waals surface area contributed by atoms with Gasteiger partial charge in [0.25, 0.3) is 0 Å². The third kappa shape index (κ3) is 6.32. The minimum absolute atomic E-state index is 0.0175. The van der Waals surface area contributed by atoms with Crippen molar-refractivity contribution in [3.63, 3.8) is 0 Å². The van der Waals surface area contributed by atoms with Crippen LogP contribution in [0.2, 0.25) is 0 Å². The zero-order valence-electron chi connectivity index (χ0n) is 14.8. The first-order valence-corrected chi connectivity index (χ1v) is 8.89. The molecule has 132 valence electrons. The van der Waals surface area contributed by atoms with Gasteiger partial charge in [-0.1, -0.05) is 30.3 Å². The van der Waals surface area contributed by atoms with Crippen molar-refractivity contribution in [2.24, 2.45) is 5.92 Å². The molecule has 0 unspecified atom stereocenters. The second-order valence-corrected chi connectivity index (χ2v) is 6.86. The molecule has 2 rings (SSSR count). The highest BCUT2D eigenvalue weighted by molar-refractivity contribution is 6.35. The third-order valence-electron chi connectivity index (χ3n) is 4.44. The van der Waals surface area contributed by atoms with E-state index >= 15 is 0 Å². The van der Waals surface area contributed by atoms with Gasteiger partial charge >= 0.3 is 11.8 Å². The second-order valence-electron chi connectivity index (χ2n) is 6.86. The third-order valence-corrected chi connectivity index (χ3v) is 4.44. The Kier molecular flexibility index (Phi) is 7.25. The van der Waals surface area contributed by atoms with Gasteiger partial charge in [-0.05, 0) is 57.7 Å². The summed E-state index contributed by atoms with van der Waals surface area (Å²) in [5.41, 5.74) is 1.38. The van der Waals surface area contributed by atoms with Crippen molar-refractivity contribution in [1.82, 2.24) is 15.5 Å². The van der Waals surface area contributed by atoms with E-state index in [9.17, 15) is 9.59 Å². The fraction of sp³-hybridized carbons (Fsp3) is 0.579. The fourth-order valence-corrected chi connectivity index (χ4v) is 2.99. The Morgan fingerprint density at radius 2 is 1.79 bits per heavy atom. The van der Waals surface area contributed by atoms with Crippen molar-refractivity contribution in [1.29, 1.82) is 0 Å². The van der Waals surface area contributed by atoms with Gasteiger partial charge in [0.1, 0.15) is 0 Å². The predicted octanol–water partition coefficient (Wildman–Crippen LogP) is 1.58. The number of hydrogen-bond donors (Lipinski definition) is 2. The van der Waals surface area contributed by atoms with E-state index in [4.69, 9.17) is 0 Å². The fourth-order valence-electron chi connectivity index (χ4n) is 2.99. The van der Waals surface area contributed by atoms with Crippen LogP contribution in [0.15, 0.2) is 30.3 Å². The predicted molar refractivity (Wildman–Crippen MR) is 95.6 cm³/mol. The summed E-state index contributed by atoms with van der Waals surface area (Å²) in [4.78, 5) is 25.8. The van der Waals surface area contributed by atoms with Crippen LogP contribution in [0, 0.1) is 5.92 Å². The number of rotatable bonds is 6. The van der Waals surface area contributed by atoms with Gasteiger partial charge in [0.2, 0.25) is 0 Å². The van der Waals surface area contributed by atoms with Gasteiger partial charge < -0.3 is 15.5 Å². The summed E-state index contributed by atoms with van der Waals surface area (Å²) in [5, 5.41) is 5.37. The molecule has 2 amide bonds. The molecule has 1 aromatic carbocycles. The molecule has 0 spiro atoms. The lowest BCUT2D eigenvalue weighted by Crippen LogP contribution is -2.45. The summed E-state index contributed by atoms with van der Waals surface area (Å²) in [7, 11) is 0. The van der Waals surface area contributed by atoms with Crippen LogP contribution >= 0.6 is 0 Å². The van der Waals surface area contributed by atoms with Crippen molar-refractivity contribution in [3.05, 3.63) is 35.9 Å². The zero-order valence-corrected chi connectivity index (χ0v) is 14.8. The minimum Gasteiger partial charge on any atom is -0.348 e. The van der Waals surface area contributed by atoms with Crippen molar-refractivity contribution in [2.75, 3.05) is 26.2 Å². The van der Waals surface area contributed by atoms with E-state index in [0.717, 1.165) is 38.9 Å². The minimum atomic E-state index is -0.537. The van der Waals surface area contributed by atoms with Crippen LogP contribution in [-0.4, -0.2) is 48.9 Å². The molecule has 0 radical (unpaired) electrons. The van der Waals surface area contributed by atoms with Gasteiger partial charge in [-0.25, -0.2) is 0 Å². The van der Waals surface area contributed by atoms with E-state index in [2.05, 4.69) is 39.8 Å². The average Bonchev–Trinajstić information content (AvgIpc) is 2.59. The molecule has 2 N–H and O–H groups in total. The Balaban J connectivity index is 1.62. The lowest BCUT2D eigenvalue weighted by Gasteiger charge is -2.32. The lowest BCUT2D eigenvalue weighted by molar-refractivity contribution is -0.139. The first-order chi connectivity index (χ1) is 11.5. The molecule has 1 aliphatic rings. The molecule has 0 aliphatic carbocycles. The number of amides is 2. The molecule has 5 heteroatoms. The van der Waals surface area contributed by atoms with Crippen molar-refractivity contribution < 1.29 is 9.59 Å². The summed E-state index contributed by atoms with van der Waals surface area (Å²) >= 11 is 0.